The third-order valence-electron chi connectivity index (χ3n) is 6.56. The van der Waals surface area contributed by atoms with Gasteiger partial charge in [0.2, 0.25) is 0 Å². The Morgan fingerprint density at radius 3 is 1.63 bits per heavy atom. The number of quaternary nitrogens is 1. The third kappa shape index (κ3) is 7.66. The van der Waals surface area contributed by atoms with Gasteiger partial charge < -0.3 is 17.3 Å². The van der Waals surface area contributed by atoms with Crippen LogP contribution in [0.15, 0.2) is 109 Å². The third-order valence-corrected chi connectivity index (χ3v) is 12.6. The zero-order valence-electron chi connectivity index (χ0n) is 22.6. The van der Waals surface area contributed by atoms with E-state index in [1.807, 2.05) is 60.7 Å². The fraction of sp³-hybridized carbons (Fsp3) is 0.167. The molecule has 4 rings (SSSR count). The molecule has 0 amide bonds. The summed E-state index contributed by atoms with van der Waals surface area (Å²) >= 11 is 0. The Hall–Kier alpha value is -3.88. The standard InChI is InChI=1S/C30H32NO4P.BF4/c1-24(32)35-36(27-12-5-2-6-13-27,28-14-7-3-8-15-28,29-16-9-4-10-17-29)21-11-20-34-26-18-19-30(33)25(22-26)23-31;2-1(3,4)5/h2-10,12-19,22,33H,11,20-21,23,31H2,1H3;/q;-1/p+1. The molecule has 0 unspecified atom stereocenters. The summed E-state index contributed by atoms with van der Waals surface area (Å²) in [6.45, 7) is -1.32. The number of rotatable bonds is 10. The molecule has 0 fully saturated rings. The number of ether oxygens (including phenoxy) is 1. The number of hydrogen-bond acceptors (Lipinski definition) is 4. The first kappa shape index (κ1) is 31.6. The van der Waals surface area contributed by atoms with E-state index in [4.69, 9.17) is 9.26 Å². The van der Waals surface area contributed by atoms with Crippen LogP contribution in [-0.2, 0) is 15.9 Å². The zero-order valence-corrected chi connectivity index (χ0v) is 23.5. The summed E-state index contributed by atoms with van der Waals surface area (Å²) in [6, 6.07) is 35.6. The molecule has 0 saturated carbocycles. The summed E-state index contributed by atoms with van der Waals surface area (Å²) in [5.74, 6) is 0.580. The van der Waals surface area contributed by atoms with E-state index >= 15 is 0 Å². The Morgan fingerprint density at radius 2 is 1.24 bits per heavy atom. The van der Waals surface area contributed by atoms with Gasteiger partial charge in [0.1, 0.15) is 0 Å². The Morgan fingerprint density at radius 1 is 0.805 bits per heavy atom. The van der Waals surface area contributed by atoms with Gasteiger partial charge in [-0.15, -0.1) is 0 Å². The summed E-state index contributed by atoms with van der Waals surface area (Å²) in [4.78, 5) is 12.9. The SMILES string of the molecule is CC(=O)OP(CCCOc1ccc(O)c(C[NH3+])c1)(c1ccccc1)(c1ccccc1)c1ccccc1.F[B-](F)(F)F. The van der Waals surface area contributed by atoms with E-state index < -0.39 is 14.1 Å². The molecule has 0 aliphatic heterocycles. The van der Waals surface area contributed by atoms with Crippen LogP contribution < -0.4 is 26.4 Å². The molecule has 11 heteroatoms. The van der Waals surface area contributed by atoms with Crippen molar-refractivity contribution < 1.29 is 42.2 Å². The minimum atomic E-state index is -6.00. The van der Waals surface area contributed by atoms with E-state index in [9.17, 15) is 27.2 Å². The van der Waals surface area contributed by atoms with Crippen LogP contribution in [0.5, 0.6) is 11.5 Å². The van der Waals surface area contributed by atoms with E-state index in [0.717, 1.165) is 21.5 Å². The average molecular weight is 589 g/mol. The maximum atomic E-state index is 12.9. The summed E-state index contributed by atoms with van der Waals surface area (Å²) in [5, 5.41) is 13.0. The molecule has 0 spiro atoms. The first-order valence-electron chi connectivity index (χ1n) is 13.0. The van der Waals surface area contributed by atoms with Crippen molar-refractivity contribution in [2.45, 2.75) is 19.9 Å². The van der Waals surface area contributed by atoms with E-state index in [2.05, 4.69) is 42.1 Å². The minimum Gasteiger partial charge on any atom is -0.418 e. The number of aromatic hydroxyl groups is 1. The number of carbonyl (C=O) groups excluding carboxylic acids is 1. The molecule has 4 aromatic rings. The minimum absolute atomic E-state index is 0.217. The van der Waals surface area contributed by atoms with Crippen LogP contribution in [0.2, 0.25) is 0 Å². The molecule has 4 N–H and O–H groups in total. The number of phenolic OH excluding ortho intramolecular Hbond substituents is 1. The molecular formula is C30H33BF4NO4P. The molecule has 41 heavy (non-hydrogen) atoms. The van der Waals surface area contributed by atoms with E-state index in [0.29, 0.717) is 31.5 Å². The van der Waals surface area contributed by atoms with Crippen molar-refractivity contribution in [3.63, 3.8) is 0 Å². The maximum Gasteiger partial charge on any atom is 0.673 e. The second-order valence-electron chi connectivity index (χ2n) is 9.26. The Kier molecular flexibility index (Phi) is 10.5. The van der Waals surface area contributed by atoms with Crippen LogP contribution in [0.25, 0.3) is 0 Å². The van der Waals surface area contributed by atoms with Crippen LogP contribution in [-0.4, -0.2) is 31.1 Å². The van der Waals surface area contributed by atoms with Crippen molar-refractivity contribution in [1.29, 1.82) is 0 Å². The fourth-order valence-electron chi connectivity index (χ4n) is 4.96. The summed E-state index contributed by atoms with van der Waals surface area (Å²) in [5.41, 5.74) is 4.61. The second-order valence-corrected chi connectivity index (χ2v) is 13.9. The number of halogens is 4. The smallest absolute Gasteiger partial charge is 0.418 e. The first-order valence-corrected chi connectivity index (χ1v) is 15.3. The molecular weight excluding hydrogens is 556 g/mol. The van der Waals surface area contributed by atoms with Gasteiger partial charge in [0, 0.05) is 0 Å². The maximum absolute atomic E-state index is 12.9. The number of phenols is 1. The van der Waals surface area contributed by atoms with Gasteiger partial charge in [0.15, 0.2) is 0 Å². The van der Waals surface area contributed by atoms with E-state index in [1.54, 1.807) is 12.1 Å². The number of benzene rings is 4. The molecule has 218 valence electrons. The van der Waals surface area contributed by atoms with Gasteiger partial charge in [-0.3, -0.25) is 0 Å². The Bertz CT molecular complexity index is 1310. The molecule has 0 bridgehead atoms. The average Bonchev–Trinajstić information content (AvgIpc) is 2.96. The molecule has 0 aliphatic rings. The van der Waals surface area contributed by atoms with Crippen LogP contribution >= 0.6 is 6.83 Å². The molecule has 4 aromatic carbocycles. The van der Waals surface area contributed by atoms with Crippen molar-refractivity contribution in [2.75, 3.05) is 12.8 Å². The topological polar surface area (TPSA) is 83.4 Å². The van der Waals surface area contributed by atoms with Gasteiger partial charge in [-0.1, -0.05) is 0 Å². The largest absolute Gasteiger partial charge is 0.673 e. The molecule has 0 saturated heterocycles. The molecule has 0 heterocycles. The second kappa shape index (κ2) is 13.7. The quantitative estimate of drug-likeness (QED) is 0.115. The number of carbonyl (C=O) groups is 1. The van der Waals surface area contributed by atoms with Crippen LogP contribution in [0, 0.1) is 0 Å². The summed E-state index contributed by atoms with van der Waals surface area (Å²) in [7, 11) is -6.00. The van der Waals surface area contributed by atoms with Crippen LogP contribution in [0.1, 0.15) is 18.9 Å². The van der Waals surface area contributed by atoms with Gasteiger partial charge >= 0.3 is 220 Å². The molecule has 0 radical (unpaired) electrons. The molecule has 0 atom stereocenters. The summed E-state index contributed by atoms with van der Waals surface area (Å²) < 4.78 is 51.8. The van der Waals surface area contributed by atoms with Gasteiger partial charge in [0.25, 0.3) is 0 Å². The monoisotopic (exact) mass is 589 g/mol. The molecule has 0 aromatic heterocycles. The van der Waals surface area contributed by atoms with Crippen LogP contribution in [0.3, 0.4) is 0 Å². The van der Waals surface area contributed by atoms with Gasteiger partial charge in [-0.05, 0) is 0 Å². The predicted molar refractivity (Wildman–Crippen MR) is 157 cm³/mol. The predicted octanol–water partition coefficient (Wildman–Crippen LogP) is 5.21. The van der Waals surface area contributed by atoms with Crippen molar-refractivity contribution in [3.05, 3.63) is 115 Å². The van der Waals surface area contributed by atoms with Gasteiger partial charge in [-0.2, -0.15) is 0 Å². The van der Waals surface area contributed by atoms with E-state index in [-0.39, 0.29) is 11.7 Å². The molecule has 5 nitrogen and oxygen atoms in total. The fourth-order valence-corrected chi connectivity index (χ4v) is 10.7. The first-order chi connectivity index (χ1) is 19.5. The normalized spacial score (nSPS) is 12.3. The van der Waals surface area contributed by atoms with Crippen molar-refractivity contribution in [3.8, 4) is 11.5 Å². The van der Waals surface area contributed by atoms with Crippen molar-refractivity contribution in [1.82, 2.24) is 0 Å². The van der Waals surface area contributed by atoms with Gasteiger partial charge in [0.05, 0.1) is 0 Å². The number of hydrogen-bond donors (Lipinski definition) is 2. The Balaban J connectivity index is 0.000000850. The molecule has 0 aliphatic carbocycles. The Labute approximate surface area is 237 Å². The van der Waals surface area contributed by atoms with Crippen molar-refractivity contribution >= 4 is 36.0 Å². The van der Waals surface area contributed by atoms with E-state index in [1.165, 1.54) is 6.92 Å². The van der Waals surface area contributed by atoms with Gasteiger partial charge in [-0.25, -0.2) is 0 Å². The van der Waals surface area contributed by atoms with Crippen molar-refractivity contribution in [2.24, 2.45) is 0 Å². The zero-order chi connectivity index (χ0) is 30.0. The van der Waals surface area contributed by atoms with Crippen LogP contribution in [0.4, 0.5) is 17.3 Å². The summed E-state index contributed by atoms with van der Waals surface area (Å²) in [6.07, 6.45) is 1.23.